The molecule has 3 nitrogen and oxygen atoms in total. The Morgan fingerprint density at radius 3 is 2.88 bits per heavy atom. The quantitative estimate of drug-likeness (QED) is 0.467. The van der Waals surface area contributed by atoms with Gasteiger partial charge in [0.1, 0.15) is 0 Å². The van der Waals surface area contributed by atoms with Crippen LogP contribution in [-0.4, -0.2) is 0 Å². The van der Waals surface area contributed by atoms with Gasteiger partial charge in [0.2, 0.25) is 0 Å². The molecule has 1 unspecified atom stereocenters. The Balaban J connectivity index is 2.12. The van der Waals surface area contributed by atoms with Crippen molar-refractivity contribution in [1.82, 2.24) is 5.43 Å². The van der Waals surface area contributed by atoms with Gasteiger partial charge in [0, 0.05) is 5.56 Å². The number of allylic oxidation sites excluding steroid dienone is 1. The molecule has 1 aromatic rings. The van der Waals surface area contributed by atoms with Crippen molar-refractivity contribution in [2.45, 2.75) is 44.6 Å². The normalized spacial score (nSPS) is 22.9. The molecule has 1 aliphatic carbocycles. The van der Waals surface area contributed by atoms with Crippen LogP contribution in [0.4, 0.5) is 0 Å². The van der Waals surface area contributed by atoms with Crippen molar-refractivity contribution in [3.05, 3.63) is 35.8 Å². The van der Waals surface area contributed by atoms with E-state index in [1.165, 1.54) is 37.7 Å². The van der Waals surface area contributed by atoms with Crippen LogP contribution in [0.3, 0.4) is 0 Å². The van der Waals surface area contributed by atoms with Crippen LogP contribution in [0.2, 0.25) is 0 Å². The molecule has 1 aromatic heterocycles. The lowest BCUT2D eigenvalue weighted by atomic mass is 9.92. The Bertz CT molecular complexity index is 330. The molecule has 88 valence electrons. The molecule has 1 aliphatic rings. The standard InChI is InChI=1S/C13H20N2O/c14-15-13(12-8-9-16-10-12)11-6-4-2-1-3-5-7-11/h6,8-10,13,15H,1-5,7,14H2/b11-6+. The van der Waals surface area contributed by atoms with Gasteiger partial charge in [-0.3, -0.25) is 5.84 Å². The zero-order chi connectivity index (χ0) is 11.2. The zero-order valence-corrected chi connectivity index (χ0v) is 9.61. The van der Waals surface area contributed by atoms with Crippen molar-refractivity contribution < 1.29 is 4.42 Å². The molecule has 0 amide bonds. The van der Waals surface area contributed by atoms with Crippen LogP contribution in [0.25, 0.3) is 0 Å². The van der Waals surface area contributed by atoms with Gasteiger partial charge in [-0.15, -0.1) is 0 Å². The minimum absolute atomic E-state index is 0.122. The number of hydrogen-bond acceptors (Lipinski definition) is 3. The fourth-order valence-corrected chi connectivity index (χ4v) is 2.34. The molecule has 3 N–H and O–H groups in total. The van der Waals surface area contributed by atoms with Gasteiger partial charge < -0.3 is 4.42 Å². The maximum absolute atomic E-state index is 5.65. The van der Waals surface area contributed by atoms with Gasteiger partial charge in [0.25, 0.3) is 0 Å². The zero-order valence-electron chi connectivity index (χ0n) is 9.61. The minimum atomic E-state index is 0.122. The van der Waals surface area contributed by atoms with Crippen molar-refractivity contribution in [2.24, 2.45) is 5.84 Å². The molecular formula is C13H20N2O. The number of hydrogen-bond donors (Lipinski definition) is 2. The first-order chi connectivity index (χ1) is 7.92. The number of nitrogens with two attached hydrogens (primary N) is 1. The second-order valence-electron chi connectivity index (χ2n) is 4.39. The van der Waals surface area contributed by atoms with Crippen molar-refractivity contribution in [1.29, 1.82) is 0 Å². The highest BCUT2D eigenvalue weighted by atomic mass is 16.3. The SMILES string of the molecule is NNC(/C1=C/CCCCCC1)c1ccoc1. The summed E-state index contributed by atoms with van der Waals surface area (Å²) >= 11 is 0. The van der Waals surface area contributed by atoms with E-state index in [1.807, 2.05) is 6.07 Å². The lowest BCUT2D eigenvalue weighted by Crippen LogP contribution is -2.29. The molecule has 16 heavy (non-hydrogen) atoms. The van der Waals surface area contributed by atoms with Gasteiger partial charge in [0.15, 0.2) is 0 Å². The van der Waals surface area contributed by atoms with E-state index in [4.69, 9.17) is 10.3 Å². The van der Waals surface area contributed by atoms with Gasteiger partial charge in [0.05, 0.1) is 18.6 Å². The minimum Gasteiger partial charge on any atom is -0.472 e. The second kappa shape index (κ2) is 5.87. The third-order valence-corrected chi connectivity index (χ3v) is 3.24. The van der Waals surface area contributed by atoms with Crippen molar-refractivity contribution in [2.75, 3.05) is 0 Å². The van der Waals surface area contributed by atoms with Gasteiger partial charge in [-0.05, 0) is 31.7 Å². The third-order valence-electron chi connectivity index (χ3n) is 3.24. The molecule has 0 saturated heterocycles. The second-order valence-corrected chi connectivity index (χ2v) is 4.39. The molecule has 0 saturated carbocycles. The van der Waals surface area contributed by atoms with Crippen LogP contribution < -0.4 is 11.3 Å². The Kier molecular flexibility index (Phi) is 4.19. The van der Waals surface area contributed by atoms with Crippen molar-refractivity contribution in [3.63, 3.8) is 0 Å². The van der Waals surface area contributed by atoms with Crippen LogP contribution in [0.15, 0.2) is 34.7 Å². The van der Waals surface area contributed by atoms with Gasteiger partial charge in [-0.1, -0.05) is 24.5 Å². The van der Waals surface area contributed by atoms with Crippen LogP contribution in [0.1, 0.15) is 50.1 Å². The fraction of sp³-hybridized carbons (Fsp3) is 0.538. The summed E-state index contributed by atoms with van der Waals surface area (Å²) < 4.78 is 5.12. The summed E-state index contributed by atoms with van der Waals surface area (Å²) in [6, 6.07) is 2.10. The first-order valence-corrected chi connectivity index (χ1v) is 6.09. The lowest BCUT2D eigenvalue weighted by Gasteiger charge is -2.20. The molecule has 3 heteroatoms. The summed E-state index contributed by atoms with van der Waals surface area (Å²) in [6.45, 7) is 0. The highest BCUT2D eigenvalue weighted by molar-refractivity contribution is 5.24. The van der Waals surface area contributed by atoms with E-state index in [0.29, 0.717) is 0 Å². The summed E-state index contributed by atoms with van der Waals surface area (Å²) in [7, 11) is 0. The molecule has 2 rings (SSSR count). The Hall–Kier alpha value is -1.06. The third kappa shape index (κ3) is 2.74. The van der Waals surface area contributed by atoms with Crippen LogP contribution in [0.5, 0.6) is 0 Å². The highest BCUT2D eigenvalue weighted by Gasteiger charge is 2.16. The van der Waals surface area contributed by atoms with Crippen molar-refractivity contribution >= 4 is 0 Å². The van der Waals surface area contributed by atoms with Crippen molar-refractivity contribution in [3.8, 4) is 0 Å². The van der Waals surface area contributed by atoms with Gasteiger partial charge in [-0.2, -0.15) is 0 Å². The van der Waals surface area contributed by atoms with Crippen LogP contribution in [-0.2, 0) is 0 Å². The Morgan fingerprint density at radius 1 is 1.25 bits per heavy atom. The molecular weight excluding hydrogens is 200 g/mol. The largest absolute Gasteiger partial charge is 0.472 e. The number of nitrogens with one attached hydrogen (secondary N) is 1. The molecule has 1 heterocycles. The predicted molar refractivity (Wildman–Crippen MR) is 64.6 cm³/mol. The molecule has 0 radical (unpaired) electrons. The predicted octanol–water partition coefficient (Wildman–Crippen LogP) is 3.06. The average molecular weight is 220 g/mol. The average Bonchev–Trinajstić information content (AvgIpc) is 2.75. The van der Waals surface area contributed by atoms with Crippen LogP contribution in [0, 0.1) is 0 Å². The monoisotopic (exact) mass is 220 g/mol. The first-order valence-electron chi connectivity index (χ1n) is 6.09. The maximum Gasteiger partial charge on any atom is 0.0954 e. The van der Waals surface area contributed by atoms with E-state index in [1.54, 1.807) is 12.5 Å². The number of furan rings is 1. The smallest absolute Gasteiger partial charge is 0.0954 e. The fourth-order valence-electron chi connectivity index (χ4n) is 2.34. The first kappa shape index (κ1) is 11.4. The molecule has 1 atom stereocenters. The summed E-state index contributed by atoms with van der Waals surface area (Å²) in [4.78, 5) is 0. The van der Waals surface area contributed by atoms with E-state index in [9.17, 15) is 0 Å². The summed E-state index contributed by atoms with van der Waals surface area (Å²) in [5, 5.41) is 0. The topological polar surface area (TPSA) is 51.2 Å². The molecule has 0 spiro atoms. The Morgan fingerprint density at radius 2 is 2.12 bits per heavy atom. The van der Waals surface area contributed by atoms with E-state index in [2.05, 4.69) is 11.5 Å². The summed E-state index contributed by atoms with van der Waals surface area (Å²) in [5.74, 6) is 5.65. The van der Waals surface area contributed by atoms with Crippen LogP contribution >= 0.6 is 0 Å². The number of rotatable bonds is 3. The highest BCUT2D eigenvalue weighted by Crippen LogP contribution is 2.28. The maximum atomic E-state index is 5.65. The lowest BCUT2D eigenvalue weighted by molar-refractivity contribution is 0.534. The van der Waals surface area contributed by atoms with Gasteiger partial charge in [-0.25, -0.2) is 5.43 Å². The van der Waals surface area contributed by atoms with E-state index in [-0.39, 0.29) is 6.04 Å². The Labute approximate surface area is 96.7 Å². The number of hydrazine groups is 1. The molecule has 0 fully saturated rings. The summed E-state index contributed by atoms with van der Waals surface area (Å²) in [5.41, 5.74) is 5.42. The van der Waals surface area contributed by atoms with Gasteiger partial charge >= 0.3 is 0 Å². The van der Waals surface area contributed by atoms with E-state index >= 15 is 0 Å². The summed E-state index contributed by atoms with van der Waals surface area (Å²) in [6.07, 6.45) is 13.4. The molecule has 0 bridgehead atoms. The molecule has 0 aliphatic heterocycles. The molecule has 0 aromatic carbocycles. The van der Waals surface area contributed by atoms with E-state index in [0.717, 1.165) is 12.0 Å². The van der Waals surface area contributed by atoms with E-state index < -0.39 is 0 Å².